The molecule has 1 aliphatic carbocycles. The second-order valence-electron chi connectivity index (χ2n) is 8.87. The van der Waals surface area contributed by atoms with Crippen LogP contribution < -0.4 is 10.2 Å². The first-order chi connectivity index (χ1) is 16.7. The summed E-state index contributed by atoms with van der Waals surface area (Å²) in [4.78, 5) is 27.5. The van der Waals surface area contributed by atoms with E-state index in [0.29, 0.717) is 11.3 Å². The monoisotopic (exact) mass is 464 g/mol. The Morgan fingerprint density at radius 1 is 0.853 bits per heavy atom. The number of anilines is 2. The van der Waals surface area contributed by atoms with Crippen LogP contribution in [0.3, 0.4) is 0 Å². The lowest BCUT2D eigenvalue weighted by Crippen LogP contribution is -2.27. The summed E-state index contributed by atoms with van der Waals surface area (Å²) >= 11 is 1.65. The van der Waals surface area contributed by atoms with Crippen molar-refractivity contribution in [1.82, 2.24) is 0 Å². The van der Waals surface area contributed by atoms with Crippen LogP contribution in [0.2, 0.25) is 0 Å². The highest BCUT2D eigenvalue weighted by atomic mass is 32.2. The Labute approximate surface area is 203 Å². The van der Waals surface area contributed by atoms with E-state index in [1.807, 2.05) is 71.6 Å². The summed E-state index contributed by atoms with van der Waals surface area (Å²) in [5.74, 6) is 0.479. The fourth-order valence-corrected chi connectivity index (χ4v) is 6.10. The topological polar surface area (TPSA) is 49.4 Å². The maximum absolute atomic E-state index is 12.8. The number of thioether (sulfide) groups is 1. The third kappa shape index (κ3) is 3.86. The van der Waals surface area contributed by atoms with Crippen LogP contribution in [0.5, 0.6) is 0 Å². The van der Waals surface area contributed by atoms with E-state index in [1.165, 1.54) is 17.5 Å². The lowest BCUT2D eigenvalue weighted by Gasteiger charge is -2.25. The van der Waals surface area contributed by atoms with Crippen LogP contribution in [0.1, 0.15) is 38.8 Å². The van der Waals surface area contributed by atoms with Crippen LogP contribution in [0.15, 0.2) is 84.9 Å². The zero-order chi connectivity index (χ0) is 23.1. The smallest absolute Gasteiger partial charge is 0.255 e. The molecule has 4 nitrogen and oxygen atoms in total. The van der Waals surface area contributed by atoms with Gasteiger partial charge < -0.3 is 5.32 Å². The van der Waals surface area contributed by atoms with Crippen LogP contribution in [-0.4, -0.2) is 17.6 Å². The summed E-state index contributed by atoms with van der Waals surface area (Å²) in [5.41, 5.74) is 6.18. The average Bonchev–Trinajstić information content (AvgIpc) is 3.50. The van der Waals surface area contributed by atoms with E-state index in [0.717, 1.165) is 40.6 Å². The third-order valence-corrected chi connectivity index (χ3v) is 7.91. The molecule has 1 saturated heterocycles. The van der Waals surface area contributed by atoms with Crippen molar-refractivity contribution in [2.45, 2.75) is 24.6 Å². The number of carbonyl (C=O) groups excluding carboxylic acids is 2. The summed E-state index contributed by atoms with van der Waals surface area (Å²) in [6, 6.07) is 28.0. The molecule has 1 N–H and O–H groups in total. The van der Waals surface area contributed by atoms with E-state index in [2.05, 4.69) is 23.5 Å². The van der Waals surface area contributed by atoms with Crippen LogP contribution in [0.25, 0.3) is 10.8 Å². The molecule has 0 spiro atoms. The molecule has 2 amide bonds. The number of nitrogens with zero attached hydrogens (tertiary/aromatic N) is 1. The molecule has 2 aliphatic rings. The zero-order valence-electron chi connectivity index (χ0n) is 18.7. The fraction of sp³-hybridized carbons (Fsp3) is 0.172. The quantitative estimate of drug-likeness (QED) is 0.382. The van der Waals surface area contributed by atoms with Gasteiger partial charge in [-0.05, 0) is 83.1 Å². The summed E-state index contributed by atoms with van der Waals surface area (Å²) in [5, 5.41) is 5.09. The minimum absolute atomic E-state index is 0.0582. The average molecular weight is 465 g/mol. The number of rotatable bonds is 4. The third-order valence-electron chi connectivity index (χ3n) is 6.69. The molecule has 0 aromatic heterocycles. The number of benzene rings is 4. The van der Waals surface area contributed by atoms with Crippen molar-refractivity contribution in [2.24, 2.45) is 0 Å². The van der Waals surface area contributed by atoms with Crippen molar-refractivity contribution in [2.75, 3.05) is 16.0 Å². The highest BCUT2D eigenvalue weighted by Crippen LogP contribution is 2.43. The van der Waals surface area contributed by atoms with Gasteiger partial charge in [-0.15, -0.1) is 11.8 Å². The highest BCUT2D eigenvalue weighted by molar-refractivity contribution is 8.00. The first-order valence-electron chi connectivity index (χ1n) is 11.6. The fourth-order valence-electron chi connectivity index (χ4n) is 4.92. The molecule has 1 unspecified atom stereocenters. The molecule has 4 aromatic carbocycles. The molecule has 5 heteroatoms. The molecule has 1 fully saturated rings. The minimum Gasteiger partial charge on any atom is -0.322 e. The SMILES string of the molecule is O=C(Nc1ccc(C2SCC(=O)N2c2ccc3c(c2)CCC3)cc1)c1ccc2ccccc2c1. The van der Waals surface area contributed by atoms with Gasteiger partial charge in [-0.25, -0.2) is 0 Å². The van der Waals surface area contributed by atoms with E-state index in [-0.39, 0.29) is 17.2 Å². The zero-order valence-corrected chi connectivity index (χ0v) is 19.5. The Kier molecular flexibility index (Phi) is 5.34. The van der Waals surface area contributed by atoms with Gasteiger partial charge in [0, 0.05) is 16.9 Å². The molecular weight excluding hydrogens is 440 g/mol. The minimum atomic E-state index is -0.135. The number of nitrogens with one attached hydrogen (secondary N) is 1. The number of hydrogen-bond acceptors (Lipinski definition) is 3. The van der Waals surface area contributed by atoms with Crippen molar-refractivity contribution >= 4 is 45.7 Å². The largest absolute Gasteiger partial charge is 0.322 e. The molecule has 6 rings (SSSR count). The number of fused-ring (bicyclic) bond motifs is 2. The second kappa shape index (κ2) is 8.65. The molecule has 4 aromatic rings. The molecule has 0 saturated carbocycles. The van der Waals surface area contributed by atoms with Crippen molar-refractivity contribution in [1.29, 1.82) is 0 Å². The Hall–Kier alpha value is -3.57. The molecule has 1 aliphatic heterocycles. The van der Waals surface area contributed by atoms with Gasteiger partial charge in [-0.2, -0.15) is 0 Å². The van der Waals surface area contributed by atoms with Crippen LogP contribution in [0, 0.1) is 0 Å². The first-order valence-corrected chi connectivity index (χ1v) is 12.7. The van der Waals surface area contributed by atoms with E-state index < -0.39 is 0 Å². The van der Waals surface area contributed by atoms with Gasteiger partial charge in [0.2, 0.25) is 5.91 Å². The van der Waals surface area contributed by atoms with E-state index >= 15 is 0 Å². The molecular formula is C29H24N2O2S. The van der Waals surface area contributed by atoms with Crippen molar-refractivity contribution in [3.05, 3.63) is 107 Å². The van der Waals surface area contributed by atoms with Gasteiger partial charge in [0.1, 0.15) is 5.37 Å². The molecule has 34 heavy (non-hydrogen) atoms. The molecule has 1 heterocycles. The standard InChI is InChI=1S/C29H24N2O2S/c32-27-18-34-29(31(27)26-15-12-20-6-3-7-23(20)17-26)21-10-13-25(14-11-21)30-28(33)24-9-8-19-4-1-2-5-22(19)16-24/h1-2,4-5,8-17,29H,3,6-7,18H2,(H,30,33). The summed E-state index contributed by atoms with van der Waals surface area (Å²) in [6.45, 7) is 0. The van der Waals surface area contributed by atoms with Crippen molar-refractivity contribution in [3.8, 4) is 0 Å². The number of carbonyl (C=O) groups is 2. The molecule has 0 radical (unpaired) electrons. The van der Waals surface area contributed by atoms with Crippen molar-refractivity contribution < 1.29 is 9.59 Å². The molecule has 168 valence electrons. The van der Waals surface area contributed by atoms with Crippen LogP contribution in [-0.2, 0) is 17.6 Å². The van der Waals surface area contributed by atoms with E-state index in [4.69, 9.17) is 0 Å². The highest BCUT2D eigenvalue weighted by Gasteiger charge is 2.34. The maximum atomic E-state index is 12.8. The summed E-state index contributed by atoms with van der Waals surface area (Å²) < 4.78 is 0. The van der Waals surface area contributed by atoms with Gasteiger partial charge in [-0.1, -0.05) is 48.5 Å². The lowest BCUT2D eigenvalue weighted by atomic mass is 10.1. The normalized spacial score (nSPS) is 17.2. The lowest BCUT2D eigenvalue weighted by molar-refractivity contribution is -0.115. The Bertz CT molecular complexity index is 1410. The first kappa shape index (κ1) is 21.0. The Balaban J connectivity index is 1.20. The summed E-state index contributed by atoms with van der Waals surface area (Å²) in [7, 11) is 0. The summed E-state index contributed by atoms with van der Waals surface area (Å²) in [6.07, 6.45) is 3.42. The van der Waals surface area contributed by atoms with Crippen LogP contribution >= 0.6 is 11.8 Å². The van der Waals surface area contributed by atoms with Crippen LogP contribution in [0.4, 0.5) is 11.4 Å². The predicted octanol–water partition coefficient (Wildman–Crippen LogP) is 6.36. The maximum Gasteiger partial charge on any atom is 0.255 e. The predicted molar refractivity (Wildman–Crippen MR) is 139 cm³/mol. The van der Waals surface area contributed by atoms with E-state index in [9.17, 15) is 9.59 Å². The van der Waals surface area contributed by atoms with Gasteiger partial charge >= 0.3 is 0 Å². The Morgan fingerprint density at radius 3 is 2.50 bits per heavy atom. The number of aryl methyl sites for hydroxylation is 2. The molecule has 1 atom stereocenters. The number of hydrogen-bond donors (Lipinski definition) is 1. The van der Waals surface area contributed by atoms with E-state index in [1.54, 1.807) is 11.8 Å². The van der Waals surface area contributed by atoms with Gasteiger partial charge in [-0.3, -0.25) is 14.5 Å². The van der Waals surface area contributed by atoms with Gasteiger partial charge in [0.25, 0.3) is 5.91 Å². The second-order valence-corrected chi connectivity index (χ2v) is 9.94. The molecule has 0 bridgehead atoms. The van der Waals surface area contributed by atoms with Gasteiger partial charge in [0.15, 0.2) is 0 Å². The number of amides is 2. The van der Waals surface area contributed by atoms with Gasteiger partial charge in [0.05, 0.1) is 5.75 Å². The Morgan fingerprint density at radius 2 is 1.65 bits per heavy atom. The van der Waals surface area contributed by atoms with Crippen molar-refractivity contribution in [3.63, 3.8) is 0 Å².